The molecule has 0 aromatic heterocycles. The SMILES string of the molecule is CC(C)c1ccc(C(=O)NCCN2CCOCC2)cc1. The Balaban J connectivity index is 1.76. The number of rotatable bonds is 5. The average molecular weight is 276 g/mol. The normalized spacial score (nSPS) is 16.4. The van der Waals surface area contributed by atoms with Crippen molar-refractivity contribution < 1.29 is 9.53 Å². The Morgan fingerprint density at radius 3 is 2.50 bits per heavy atom. The molecule has 1 aromatic rings. The van der Waals surface area contributed by atoms with Crippen LogP contribution in [0, 0.1) is 0 Å². The van der Waals surface area contributed by atoms with Gasteiger partial charge in [-0.1, -0.05) is 26.0 Å². The summed E-state index contributed by atoms with van der Waals surface area (Å²) in [5.74, 6) is 0.502. The topological polar surface area (TPSA) is 41.6 Å². The molecule has 0 radical (unpaired) electrons. The van der Waals surface area contributed by atoms with Crippen molar-refractivity contribution in [2.75, 3.05) is 39.4 Å². The van der Waals surface area contributed by atoms with Crippen LogP contribution in [0.3, 0.4) is 0 Å². The fourth-order valence-electron chi connectivity index (χ4n) is 2.27. The molecule has 1 fully saturated rings. The highest BCUT2D eigenvalue weighted by atomic mass is 16.5. The molecule has 1 aliphatic heterocycles. The lowest BCUT2D eigenvalue weighted by atomic mass is 10.0. The second kappa shape index (κ2) is 7.41. The third-order valence-electron chi connectivity index (χ3n) is 3.66. The molecule has 0 unspecified atom stereocenters. The second-order valence-electron chi connectivity index (χ2n) is 5.49. The van der Waals surface area contributed by atoms with Gasteiger partial charge in [-0.3, -0.25) is 9.69 Å². The molecule has 4 heteroatoms. The zero-order valence-electron chi connectivity index (χ0n) is 12.4. The summed E-state index contributed by atoms with van der Waals surface area (Å²) >= 11 is 0. The van der Waals surface area contributed by atoms with Gasteiger partial charge in [-0.15, -0.1) is 0 Å². The Labute approximate surface area is 121 Å². The lowest BCUT2D eigenvalue weighted by Gasteiger charge is -2.26. The molecule has 0 aliphatic carbocycles. The van der Waals surface area contributed by atoms with E-state index in [2.05, 4.69) is 24.1 Å². The maximum absolute atomic E-state index is 12.0. The summed E-state index contributed by atoms with van der Waals surface area (Å²) in [5.41, 5.74) is 1.99. The van der Waals surface area contributed by atoms with Gasteiger partial charge in [0.05, 0.1) is 13.2 Å². The maximum atomic E-state index is 12.0. The fourth-order valence-corrected chi connectivity index (χ4v) is 2.27. The highest BCUT2D eigenvalue weighted by molar-refractivity contribution is 5.94. The zero-order valence-corrected chi connectivity index (χ0v) is 12.4. The summed E-state index contributed by atoms with van der Waals surface area (Å²) in [6, 6.07) is 7.86. The number of benzene rings is 1. The highest BCUT2D eigenvalue weighted by Crippen LogP contribution is 2.14. The van der Waals surface area contributed by atoms with Gasteiger partial charge < -0.3 is 10.1 Å². The van der Waals surface area contributed by atoms with Crippen molar-refractivity contribution in [3.05, 3.63) is 35.4 Å². The number of carbonyl (C=O) groups is 1. The van der Waals surface area contributed by atoms with Crippen molar-refractivity contribution in [2.24, 2.45) is 0 Å². The van der Waals surface area contributed by atoms with Crippen LogP contribution in [0.2, 0.25) is 0 Å². The van der Waals surface area contributed by atoms with Crippen molar-refractivity contribution in [2.45, 2.75) is 19.8 Å². The Hall–Kier alpha value is -1.39. The molecular formula is C16H24N2O2. The standard InChI is InChI=1S/C16H24N2O2/c1-13(2)14-3-5-15(6-4-14)16(19)17-7-8-18-9-11-20-12-10-18/h3-6,13H,7-12H2,1-2H3,(H,17,19). The van der Waals surface area contributed by atoms with Gasteiger partial charge in [0.1, 0.15) is 0 Å². The summed E-state index contributed by atoms with van der Waals surface area (Å²) < 4.78 is 5.30. The molecule has 1 N–H and O–H groups in total. The number of nitrogens with zero attached hydrogens (tertiary/aromatic N) is 1. The lowest BCUT2D eigenvalue weighted by Crippen LogP contribution is -2.41. The van der Waals surface area contributed by atoms with E-state index in [0.29, 0.717) is 12.5 Å². The molecular weight excluding hydrogens is 252 g/mol. The van der Waals surface area contributed by atoms with Crippen molar-refractivity contribution in [1.82, 2.24) is 10.2 Å². The van der Waals surface area contributed by atoms with Crippen molar-refractivity contribution >= 4 is 5.91 Å². The average Bonchev–Trinajstić information content (AvgIpc) is 2.48. The summed E-state index contributed by atoms with van der Waals surface area (Å²) in [6.45, 7) is 9.38. The van der Waals surface area contributed by atoms with Crippen molar-refractivity contribution in [3.63, 3.8) is 0 Å². The van der Waals surface area contributed by atoms with E-state index in [-0.39, 0.29) is 5.91 Å². The van der Waals surface area contributed by atoms with E-state index in [1.54, 1.807) is 0 Å². The number of morpholine rings is 1. The maximum Gasteiger partial charge on any atom is 0.251 e. The van der Waals surface area contributed by atoms with Crippen LogP contribution < -0.4 is 5.32 Å². The van der Waals surface area contributed by atoms with E-state index in [1.807, 2.05) is 24.3 Å². The second-order valence-corrected chi connectivity index (χ2v) is 5.49. The van der Waals surface area contributed by atoms with Crippen molar-refractivity contribution in [1.29, 1.82) is 0 Å². The molecule has 1 heterocycles. The van der Waals surface area contributed by atoms with Gasteiger partial charge >= 0.3 is 0 Å². The first-order valence-electron chi connectivity index (χ1n) is 7.35. The lowest BCUT2D eigenvalue weighted by molar-refractivity contribution is 0.0383. The highest BCUT2D eigenvalue weighted by Gasteiger charge is 2.11. The van der Waals surface area contributed by atoms with E-state index >= 15 is 0 Å². The number of amides is 1. The first-order chi connectivity index (χ1) is 9.66. The minimum atomic E-state index is 0.00793. The largest absolute Gasteiger partial charge is 0.379 e. The summed E-state index contributed by atoms with van der Waals surface area (Å²) in [4.78, 5) is 14.3. The molecule has 0 spiro atoms. The first kappa shape index (κ1) is 15.0. The Kier molecular flexibility index (Phi) is 5.56. The molecule has 4 nitrogen and oxygen atoms in total. The number of nitrogens with one attached hydrogen (secondary N) is 1. The van der Waals surface area contributed by atoms with Crippen LogP contribution in [-0.4, -0.2) is 50.2 Å². The zero-order chi connectivity index (χ0) is 14.4. The minimum Gasteiger partial charge on any atom is -0.379 e. The fraction of sp³-hybridized carbons (Fsp3) is 0.562. The Morgan fingerprint density at radius 2 is 1.90 bits per heavy atom. The molecule has 0 saturated carbocycles. The van der Waals surface area contributed by atoms with E-state index in [4.69, 9.17) is 4.74 Å². The van der Waals surface area contributed by atoms with E-state index < -0.39 is 0 Å². The van der Waals surface area contributed by atoms with Gasteiger partial charge in [-0.25, -0.2) is 0 Å². The Morgan fingerprint density at radius 1 is 1.25 bits per heavy atom. The van der Waals surface area contributed by atoms with Crippen LogP contribution in [0.15, 0.2) is 24.3 Å². The van der Waals surface area contributed by atoms with E-state index in [0.717, 1.165) is 38.4 Å². The van der Waals surface area contributed by atoms with E-state index in [9.17, 15) is 4.79 Å². The van der Waals surface area contributed by atoms with Crippen LogP contribution in [0.25, 0.3) is 0 Å². The molecule has 110 valence electrons. The third-order valence-corrected chi connectivity index (χ3v) is 3.66. The predicted molar refractivity (Wildman–Crippen MR) is 80.1 cm³/mol. The summed E-state index contributed by atoms with van der Waals surface area (Å²) in [5, 5.41) is 2.97. The quantitative estimate of drug-likeness (QED) is 0.892. The minimum absolute atomic E-state index is 0.00793. The molecule has 1 saturated heterocycles. The molecule has 0 atom stereocenters. The summed E-state index contributed by atoms with van der Waals surface area (Å²) in [6.07, 6.45) is 0. The third kappa shape index (κ3) is 4.32. The van der Waals surface area contributed by atoms with Crippen LogP contribution in [0.5, 0.6) is 0 Å². The van der Waals surface area contributed by atoms with Gasteiger partial charge in [0.2, 0.25) is 0 Å². The van der Waals surface area contributed by atoms with Crippen LogP contribution >= 0.6 is 0 Å². The number of ether oxygens (including phenoxy) is 1. The number of carbonyl (C=O) groups excluding carboxylic acids is 1. The van der Waals surface area contributed by atoms with Gasteiger partial charge in [0, 0.05) is 31.7 Å². The van der Waals surface area contributed by atoms with Gasteiger partial charge in [0.25, 0.3) is 5.91 Å². The van der Waals surface area contributed by atoms with Gasteiger partial charge in [-0.05, 0) is 23.6 Å². The van der Waals surface area contributed by atoms with Gasteiger partial charge in [-0.2, -0.15) is 0 Å². The first-order valence-corrected chi connectivity index (χ1v) is 7.35. The van der Waals surface area contributed by atoms with Crippen molar-refractivity contribution in [3.8, 4) is 0 Å². The van der Waals surface area contributed by atoms with Crippen LogP contribution in [0.1, 0.15) is 35.7 Å². The van der Waals surface area contributed by atoms with Crippen LogP contribution in [0.4, 0.5) is 0 Å². The monoisotopic (exact) mass is 276 g/mol. The Bertz CT molecular complexity index is 423. The van der Waals surface area contributed by atoms with Crippen LogP contribution in [-0.2, 0) is 4.74 Å². The molecule has 20 heavy (non-hydrogen) atoms. The molecule has 1 aliphatic rings. The molecule has 2 rings (SSSR count). The summed E-state index contributed by atoms with van der Waals surface area (Å²) in [7, 11) is 0. The number of hydrogen-bond donors (Lipinski definition) is 1. The molecule has 1 aromatic carbocycles. The predicted octanol–water partition coefficient (Wildman–Crippen LogP) is 1.87. The smallest absolute Gasteiger partial charge is 0.251 e. The molecule has 0 bridgehead atoms. The van der Waals surface area contributed by atoms with E-state index in [1.165, 1.54) is 5.56 Å². The molecule has 1 amide bonds. The number of hydrogen-bond acceptors (Lipinski definition) is 3. The van der Waals surface area contributed by atoms with Gasteiger partial charge in [0.15, 0.2) is 0 Å².